The van der Waals surface area contributed by atoms with Crippen molar-refractivity contribution in [3.05, 3.63) is 35.9 Å². The van der Waals surface area contributed by atoms with Gasteiger partial charge in [0.2, 0.25) is 0 Å². The highest BCUT2D eigenvalue weighted by Crippen LogP contribution is 2.18. The summed E-state index contributed by atoms with van der Waals surface area (Å²) in [4.78, 5) is 40.8. The van der Waals surface area contributed by atoms with Crippen molar-refractivity contribution in [3.8, 4) is 0 Å². The molecule has 0 radical (unpaired) electrons. The van der Waals surface area contributed by atoms with Crippen LogP contribution in [0.4, 0.5) is 0 Å². The van der Waals surface area contributed by atoms with E-state index in [9.17, 15) is 14.4 Å². The third-order valence-electron chi connectivity index (χ3n) is 3.14. The minimum atomic E-state index is -0.798. The summed E-state index contributed by atoms with van der Waals surface area (Å²) < 4.78 is 0. The molecule has 2 rings (SSSR count). The molecule has 20 heavy (non-hydrogen) atoms. The van der Waals surface area contributed by atoms with Crippen molar-refractivity contribution in [1.29, 1.82) is 0 Å². The molecule has 5 heteroatoms. The van der Waals surface area contributed by atoms with Crippen molar-refractivity contribution >= 4 is 17.6 Å². The van der Waals surface area contributed by atoms with E-state index in [4.69, 9.17) is 4.84 Å². The van der Waals surface area contributed by atoms with Crippen LogP contribution in [-0.2, 0) is 14.4 Å². The molecule has 5 nitrogen and oxygen atoms in total. The Morgan fingerprint density at radius 1 is 1.20 bits per heavy atom. The number of benzene rings is 1. The van der Waals surface area contributed by atoms with Gasteiger partial charge in [0.05, 0.1) is 0 Å². The molecular formula is C15H17NO4. The monoisotopic (exact) mass is 275 g/mol. The van der Waals surface area contributed by atoms with Crippen LogP contribution in [-0.4, -0.2) is 28.8 Å². The lowest BCUT2D eigenvalue weighted by Crippen LogP contribution is -2.37. The molecule has 1 aromatic carbocycles. The maximum absolute atomic E-state index is 12.4. The van der Waals surface area contributed by atoms with E-state index in [0.717, 1.165) is 11.5 Å². The summed E-state index contributed by atoms with van der Waals surface area (Å²) in [5.41, 5.74) is 0.519. The van der Waals surface area contributed by atoms with E-state index < -0.39 is 6.10 Å². The van der Waals surface area contributed by atoms with E-state index in [1.54, 1.807) is 24.3 Å². The number of hydroxylamine groups is 2. The van der Waals surface area contributed by atoms with Crippen molar-refractivity contribution in [2.24, 2.45) is 0 Å². The summed E-state index contributed by atoms with van der Waals surface area (Å²) in [5.74, 6) is -0.964. The average Bonchev–Trinajstić information content (AvgIpc) is 2.78. The van der Waals surface area contributed by atoms with Crippen LogP contribution in [0.5, 0.6) is 0 Å². The lowest BCUT2D eigenvalue weighted by Gasteiger charge is -2.21. The maximum Gasteiger partial charge on any atom is 0.254 e. The van der Waals surface area contributed by atoms with Gasteiger partial charge in [0.25, 0.3) is 11.8 Å². The molecule has 1 atom stereocenters. The number of hydrogen-bond acceptors (Lipinski definition) is 4. The topological polar surface area (TPSA) is 63.7 Å². The van der Waals surface area contributed by atoms with Crippen molar-refractivity contribution < 1.29 is 19.2 Å². The first kappa shape index (κ1) is 14.4. The predicted octanol–water partition coefficient (Wildman–Crippen LogP) is 2.12. The lowest BCUT2D eigenvalue weighted by atomic mass is 10.0. The van der Waals surface area contributed by atoms with E-state index in [1.807, 2.05) is 13.0 Å². The van der Waals surface area contributed by atoms with Crippen LogP contribution in [0.2, 0.25) is 0 Å². The number of carbonyl (C=O) groups excluding carboxylic acids is 3. The lowest BCUT2D eigenvalue weighted by molar-refractivity contribution is -0.196. The van der Waals surface area contributed by atoms with Gasteiger partial charge in [-0.15, -0.1) is 0 Å². The molecule has 1 unspecified atom stereocenters. The van der Waals surface area contributed by atoms with Crippen molar-refractivity contribution in [2.75, 3.05) is 0 Å². The predicted molar refractivity (Wildman–Crippen MR) is 71.6 cm³/mol. The molecule has 1 saturated heterocycles. The molecule has 0 aliphatic carbocycles. The highest BCUT2D eigenvalue weighted by Gasteiger charge is 2.34. The van der Waals surface area contributed by atoms with Crippen LogP contribution in [0, 0.1) is 0 Å². The van der Waals surface area contributed by atoms with Gasteiger partial charge in [-0.1, -0.05) is 43.7 Å². The minimum Gasteiger partial charge on any atom is -0.291 e. The zero-order chi connectivity index (χ0) is 14.5. The van der Waals surface area contributed by atoms with Gasteiger partial charge in [-0.2, -0.15) is 5.06 Å². The minimum absolute atomic E-state index is 0.150. The van der Waals surface area contributed by atoms with Crippen LogP contribution < -0.4 is 0 Å². The first-order chi connectivity index (χ1) is 9.63. The molecular weight excluding hydrogens is 258 g/mol. The number of nitrogens with zero attached hydrogens (tertiary/aromatic N) is 1. The first-order valence-electron chi connectivity index (χ1n) is 6.75. The molecule has 106 valence electrons. The third kappa shape index (κ3) is 3.11. The van der Waals surface area contributed by atoms with Gasteiger partial charge in [-0.3, -0.25) is 19.2 Å². The summed E-state index contributed by atoms with van der Waals surface area (Å²) in [5, 5.41) is 0.751. The fourth-order valence-electron chi connectivity index (χ4n) is 2.08. The summed E-state index contributed by atoms with van der Waals surface area (Å²) >= 11 is 0. The standard InChI is InChI=1S/C15H17NO4/c1-2-6-12(15(19)11-7-4-3-5-8-11)20-16-13(17)9-10-14(16)18/h3-5,7-8,12H,2,6,9-10H2,1H3. The number of Topliss-reactive ketones (excluding diaryl/α,β-unsaturated/α-hetero) is 1. The van der Waals surface area contributed by atoms with Crippen LogP contribution >= 0.6 is 0 Å². The smallest absolute Gasteiger partial charge is 0.254 e. The second-order valence-corrected chi connectivity index (χ2v) is 4.69. The summed E-state index contributed by atoms with van der Waals surface area (Å²) in [6.07, 6.45) is 0.687. The van der Waals surface area contributed by atoms with Gasteiger partial charge >= 0.3 is 0 Å². The second-order valence-electron chi connectivity index (χ2n) is 4.69. The van der Waals surface area contributed by atoms with Gasteiger partial charge < -0.3 is 0 Å². The first-order valence-corrected chi connectivity index (χ1v) is 6.75. The molecule has 1 heterocycles. The summed E-state index contributed by atoms with van der Waals surface area (Å²) in [7, 11) is 0. The number of amides is 2. The molecule has 0 N–H and O–H groups in total. The SMILES string of the molecule is CCCC(ON1C(=O)CCC1=O)C(=O)c1ccccc1. The molecule has 0 bridgehead atoms. The Kier molecular flexibility index (Phi) is 4.63. The average molecular weight is 275 g/mol. The molecule has 1 aliphatic rings. The number of rotatable bonds is 6. The Hall–Kier alpha value is -2.01. The molecule has 2 amide bonds. The van der Waals surface area contributed by atoms with Gasteiger partial charge in [0, 0.05) is 18.4 Å². The molecule has 1 fully saturated rings. The van der Waals surface area contributed by atoms with Gasteiger partial charge in [-0.25, -0.2) is 0 Å². The number of ketones is 1. The van der Waals surface area contributed by atoms with Crippen LogP contribution in [0.25, 0.3) is 0 Å². The van der Waals surface area contributed by atoms with Crippen LogP contribution in [0.1, 0.15) is 43.0 Å². The zero-order valence-corrected chi connectivity index (χ0v) is 11.4. The van der Waals surface area contributed by atoms with E-state index in [0.29, 0.717) is 12.0 Å². The van der Waals surface area contributed by atoms with E-state index in [1.165, 1.54) is 0 Å². The van der Waals surface area contributed by atoms with Crippen LogP contribution in [0.15, 0.2) is 30.3 Å². The Labute approximate surface area is 117 Å². The highest BCUT2D eigenvalue weighted by molar-refractivity contribution is 6.02. The fraction of sp³-hybridized carbons (Fsp3) is 0.400. The zero-order valence-electron chi connectivity index (χ0n) is 11.4. The maximum atomic E-state index is 12.4. The quantitative estimate of drug-likeness (QED) is 0.589. The van der Waals surface area contributed by atoms with Crippen LogP contribution in [0.3, 0.4) is 0 Å². The van der Waals surface area contributed by atoms with Crippen molar-refractivity contribution in [2.45, 2.75) is 38.7 Å². The Bertz CT molecular complexity index is 496. The second kappa shape index (κ2) is 6.43. The van der Waals surface area contributed by atoms with E-state index >= 15 is 0 Å². The third-order valence-corrected chi connectivity index (χ3v) is 3.14. The van der Waals surface area contributed by atoms with E-state index in [-0.39, 0.29) is 30.4 Å². The highest BCUT2D eigenvalue weighted by atomic mass is 16.7. The Morgan fingerprint density at radius 3 is 2.35 bits per heavy atom. The number of imide groups is 1. The largest absolute Gasteiger partial charge is 0.291 e. The van der Waals surface area contributed by atoms with Gasteiger partial charge in [-0.05, 0) is 6.42 Å². The molecule has 0 spiro atoms. The molecule has 0 aromatic heterocycles. The Morgan fingerprint density at radius 2 is 1.80 bits per heavy atom. The molecule has 0 saturated carbocycles. The van der Waals surface area contributed by atoms with E-state index in [2.05, 4.69) is 0 Å². The number of carbonyl (C=O) groups is 3. The van der Waals surface area contributed by atoms with Gasteiger partial charge in [0.15, 0.2) is 5.78 Å². The normalized spacial score (nSPS) is 16.6. The summed E-state index contributed by atoms with van der Waals surface area (Å²) in [6.45, 7) is 1.92. The Balaban J connectivity index is 2.13. The number of hydrogen-bond donors (Lipinski definition) is 0. The van der Waals surface area contributed by atoms with Crippen molar-refractivity contribution in [3.63, 3.8) is 0 Å². The molecule has 1 aromatic rings. The summed E-state index contributed by atoms with van der Waals surface area (Å²) in [6, 6.07) is 8.74. The van der Waals surface area contributed by atoms with Crippen molar-refractivity contribution in [1.82, 2.24) is 5.06 Å². The van der Waals surface area contributed by atoms with Gasteiger partial charge in [0.1, 0.15) is 6.10 Å². The molecule has 1 aliphatic heterocycles. The fourth-order valence-corrected chi connectivity index (χ4v) is 2.08.